The summed E-state index contributed by atoms with van der Waals surface area (Å²) in [7, 11) is 0. The van der Waals surface area contributed by atoms with Crippen LogP contribution in [0.3, 0.4) is 0 Å². The molecular weight excluding hydrogens is 252 g/mol. The van der Waals surface area contributed by atoms with Gasteiger partial charge in [-0.25, -0.2) is 0 Å². The highest BCUT2D eigenvalue weighted by atomic mass is 16.5. The number of nitrogens with one attached hydrogen (secondary N) is 1. The molecule has 0 atom stereocenters. The Balaban J connectivity index is 1.97. The van der Waals surface area contributed by atoms with Crippen molar-refractivity contribution in [2.45, 2.75) is 20.5 Å². The largest absolute Gasteiger partial charge is 0.489 e. The van der Waals surface area contributed by atoms with E-state index in [0.29, 0.717) is 6.61 Å². The van der Waals surface area contributed by atoms with Gasteiger partial charge in [0.05, 0.1) is 0 Å². The molecule has 0 aliphatic rings. The van der Waals surface area contributed by atoms with Crippen molar-refractivity contribution >= 4 is 11.6 Å². The van der Waals surface area contributed by atoms with Crippen LogP contribution in [-0.4, -0.2) is 10.9 Å². The van der Waals surface area contributed by atoms with Gasteiger partial charge in [-0.05, 0) is 18.2 Å². The zero-order valence-electron chi connectivity index (χ0n) is 11.7. The van der Waals surface area contributed by atoms with Gasteiger partial charge in [0.2, 0.25) is 5.91 Å². The Hall–Kier alpha value is -2.36. The van der Waals surface area contributed by atoms with Gasteiger partial charge >= 0.3 is 0 Å². The Morgan fingerprint density at radius 1 is 1.30 bits per heavy atom. The van der Waals surface area contributed by atoms with Crippen LogP contribution in [0.1, 0.15) is 19.4 Å². The highest BCUT2D eigenvalue weighted by molar-refractivity contribution is 5.92. The van der Waals surface area contributed by atoms with Crippen molar-refractivity contribution in [3.05, 3.63) is 54.4 Å². The normalized spacial score (nSPS) is 10.3. The second-order valence-electron chi connectivity index (χ2n) is 4.82. The summed E-state index contributed by atoms with van der Waals surface area (Å²) in [6.07, 6.45) is 3.50. The first kappa shape index (κ1) is 14.1. The molecule has 2 rings (SSSR count). The second-order valence-corrected chi connectivity index (χ2v) is 4.82. The molecule has 0 spiro atoms. The van der Waals surface area contributed by atoms with Gasteiger partial charge in [0, 0.05) is 35.6 Å². The van der Waals surface area contributed by atoms with Crippen LogP contribution in [0.5, 0.6) is 5.75 Å². The average molecular weight is 270 g/mol. The number of hydrogen-bond donors (Lipinski definition) is 1. The molecule has 2 aromatic rings. The SMILES string of the molecule is CC(C)C(=O)Nc1cccc(OCc2cccnc2)c1. The van der Waals surface area contributed by atoms with Gasteiger partial charge in [0.1, 0.15) is 12.4 Å². The van der Waals surface area contributed by atoms with Crippen LogP contribution in [0, 0.1) is 5.92 Å². The van der Waals surface area contributed by atoms with E-state index >= 15 is 0 Å². The number of rotatable bonds is 5. The summed E-state index contributed by atoms with van der Waals surface area (Å²) in [5.41, 5.74) is 1.75. The monoisotopic (exact) mass is 270 g/mol. The number of amides is 1. The van der Waals surface area contributed by atoms with Crippen molar-refractivity contribution in [2.24, 2.45) is 5.92 Å². The molecule has 0 saturated carbocycles. The van der Waals surface area contributed by atoms with Gasteiger partial charge in [0.15, 0.2) is 0 Å². The van der Waals surface area contributed by atoms with E-state index in [1.807, 2.05) is 50.2 Å². The average Bonchev–Trinajstić information content (AvgIpc) is 2.46. The van der Waals surface area contributed by atoms with Gasteiger partial charge < -0.3 is 10.1 Å². The van der Waals surface area contributed by atoms with Crippen LogP contribution in [0.2, 0.25) is 0 Å². The van der Waals surface area contributed by atoms with Gasteiger partial charge in [-0.2, -0.15) is 0 Å². The topological polar surface area (TPSA) is 51.2 Å². The Kier molecular flexibility index (Phi) is 4.71. The van der Waals surface area contributed by atoms with Gasteiger partial charge in [0.25, 0.3) is 0 Å². The number of aromatic nitrogens is 1. The van der Waals surface area contributed by atoms with Crippen LogP contribution >= 0.6 is 0 Å². The summed E-state index contributed by atoms with van der Waals surface area (Å²) in [4.78, 5) is 15.7. The van der Waals surface area contributed by atoms with Gasteiger partial charge in [-0.15, -0.1) is 0 Å². The molecule has 1 N–H and O–H groups in total. The fourth-order valence-electron chi connectivity index (χ4n) is 1.60. The molecule has 4 heteroatoms. The standard InChI is InChI=1S/C16H18N2O2/c1-12(2)16(19)18-14-6-3-7-15(9-14)20-11-13-5-4-8-17-10-13/h3-10,12H,11H2,1-2H3,(H,18,19). The van der Waals surface area contributed by atoms with Crippen molar-refractivity contribution in [1.29, 1.82) is 0 Å². The van der Waals surface area contributed by atoms with Gasteiger partial charge in [-0.3, -0.25) is 9.78 Å². The molecule has 0 saturated heterocycles. The molecule has 0 fully saturated rings. The third kappa shape index (κ3) is 4.09. The zero-order valence-corrected chi connectivity index (χ0v) is 11.7. The third-order valence-electron chi connectivity index (χ3n) is 2.75. The van der Waals surface area contributed by atoms with Crippen LogP contribution < -0.4 is 10.1 Å². The van der Waals surface area contributed by atoms with E-state index in [1.54, 1.807) is 12.4 Å². The number of pyridine rings is 1. The van der Waals surface area contributed by atoms with Crippen LogP contribution in [0.25, 0.3) is 0 Å². The van der Waals surface area contributed by atoms with E-state index in [2.05, 4.69) is 10.3 Å². The van der Waals surface area contributed by atoms with Crippen molar-refractivity contribution < 1.29 is 9.53 Å². The Labute approximate surface area is 118 Å². The molecule has 20 heavy (non-hydrogen) atoms. The lowest BCUT2D eigenvalue weighted by Crippen LogP contribution is -2.17. The van der Waals surface area contributed by atoms with Crippen molar-refractivity contribution in [3.63, 3.8) is 0 Å². The van der Waals surface area contributed by atoms with Crippen LogP contribution in [0.4, 0.5) is 5.69 Å². The van der Waals surface area contributed by atoms with E-state index < -0.39 is 0 Å². The molecule has 0 radical (unpaired) electrons. The molecule has 104 valence electrons. The van der Waals surface area contributed by atoms with Gasteiger partial charge in [-0.1, -0.05) is 26.0 Å². The van der Waals surface area contributed by atoms with E-state index in [4.69, 9.17) is 4.74 Å². The maximum absolute atomic E-state index is 11.6. The molecule has 1 amide bonds. The number of hydrogen-bond acceptors (Lipinski definition) is 3. The third-order valence-corrected chi connectivity index (χ3v) is 2.75. The van der Waals surface area contributed by atoms with Crippen molar-refractivity contribution in [3.8, 4) is 5.75 Å². The maximum Gasteiger partial charge on any atom is 0.226 e. The summed E-state index contributed by atoms with van der Waals surface area (Å²) in [6, 6.07) is 11.2. The molecule has 1 heterocycles. The van der Waals surface area contributed by atoms with Crippen LogP contribution in [0.15, 0.2) is 48.8 Å². The molecule has 0 aliphatic carbocycles. The predicted molar refractivity (Wildman–Crippen MR) is 78.5 cm³/mol. The van der Waals surface area contributed by atoms with E-state index in [0.717, 1.165) is 17.0 Å². The number of benzene rings is 1. The van der Waals surface area contributed by atoms with Crippen LogP contribution in [-0.2, 0) is 11.4 Å². The smallest absolute Gasteiger partial charge is 0.226 e. The molecule has 1 aromatic heterocycles. The Bertz CT molecular complexity index is 568. The summed E-state index contributed by atoms with van der Waals surface area (Å²) >= 11 is 0. The fraction of sp³-hybridized carbons (Fsp3) is 0.250. The van der Waals surface area contributed by atoms with E-state index in [1.165, 1.54) is 0 Å². The Morgan fingerprint density at radius 2 is 2.15 bits per heavy atom. The minimum atomic E-state index is -0.0463. The highest BCUT2D eigenvalue weighted by Gasteiger charge is 2.07. The lowest BCUT2D eigenvalue weighted by molar-refractivity contribution is -0.118. The summed E-state index contributed by atoms with van der Waals surface area (Å²) in [5, 5.41) is 2.85. The minimum Gasteiger partial charge on any atom is -0.489 e. The Morgan fingerprint density at radius 3 is 2.85 bits per heavy atom. The molecule has 0 unspecified atom stereocenters. The number of anilines is 1. The lowest BCUT2D eigenvalue weighted by Gasteiger charge is -2.10. The lowest BCUT2D eigenvalue weighted by atomic mass is 10.2. The first-order chi connectivity index (χ1) is 9.65. The first-order valence-corrected chi connectivity index (χ1v) is 6.58. The fourth-order valence-corrected chi connectivity index (χ4v) is 1.60. The number of carbonyl (C=O) groups is 1. The zero-order chi connectivity index (χ0) is 14.4. The summed E-state index contributed by atoms with van der Waals surface area (Å²) in [5.74, 6) is 0.666. The second kappa shape index (κ2) is 6.70. The molecular formula is C16H18N2O2. The summed E-state index contributed by atoms with van der Waals surface area (Å²) in [6.45, 7) is 4.17. The summed E-state index contributed by atoms with van der Waals surface area (Å²) < 4.78 is 5.68. The minimum absolute atomic E-state index is 0.00518. The van der Waals surface area contributed by atoms with Crippen molar-refractivity contribution in [2.75, 3.05) is 5.32 Å². The number of carbonyl (C=O) groups excluding carboxylic acids is 1. The molecule has 1 aromatic carbocycles. The molecule has 0 bridgehead atoms. The number of nitrogens with zero attached hydrogens (tertiary/aromatic N) is 1. The molecule has 0 aliphatic heterocycles. The highest BCUT2D eigenvalue weighted by Crippen LogP contribution is 2.19. The quantitative estimate of drug-likeness (QED) is 0.907. The predicted octanol–water partition coefficient (Wildman–Crippen LogP) is 3.26. The maximum atomic E-state index is 11.6. The first-order valence-electron chi connectivity index (χ1n) is 6.58. The van der Waals surface area contributed by atoms with E-state index in [-0.39, 0.29) is 11.8 Å². The molecule has 4 nitrogen and oxygen atoms in total. The van der Waals surface area contributed by atoms with E-state index in [9.17, 15) is 4.79 Å². The van der Waals surface area contributed by atoms with Crippen molar-refractivity contribution in [1.82, 2.24) is 4.98 Å². The number of ether oxygens (including phenoxy) is 1.